The van der Waals surface area contributed by atoms with Gasteiger partial charge in [-0.3, -0.25) is 0 Å². The topological polar surface area (TPSA) is 75.0 Å². The Kier molecular flexibility index (Phi) is 4.16. The number of methoxy groups -OCH3 is 2. The molecule has 0 aliphatic rings. The summed E-state index contributed by atoms with van der Waals surface area (Å²) in [5.74, 6) is 0.935. The lowest BCUT2D eigenvalue weighted by atomic mass is 10.1. The van der Waals surface area contributed by atoms with Crippen LogP contribution in [0.25, 0.3) is 21.9 Å². The van der Waals surface area contributed by atoms with Crippen molar-refractivity contribution in [2.24, 2.45) is 0 Å². The van der Waals surface area contributed by atoms with Crippen LogP contribution in [0.4, 0.5) is 0 Å². The third-order valence-electron chi connectivity index (χ3n) is 4.20. The molecule has 0 N–H and O–H groups in total. The second-order valence-corrected chi connectivity index (χ2v) is 7.36. The van der Waals surface area contributed by atoms with Gasteiger partial charge in [0.15, 0.2) is 11.5 Å². The van der Waals surface area contributed by atoms with Crippen molar-refractivity contribution >= 4 is 32.1 Å². The first-order chi connectivity index (χ1) is 13.0. The second-order valence-electron chi connectivity index (χ2n) is 5.81. The number of fused-ring (bicyclic) bond motifs is 3. The molecule has 0 saturated carbocycles. The number of rotatable bonds is 5. The summed E-state index contributed by atoms with van der Waals surface area (Å²) < 4.78 is 46.7. The highest BCUT2D eigenvalue weighted by Gasteiger charge is 2.20. The van der Waals surface area contributed by atoms with Crippen molar-refractivity contribution in [1.29, 1.82) is 0 Å². The molecule has 6 nitrogen and oxygen atoms in total. The summed E-state index contributed by atoms with van der Waals surface area (Å²) in [6.07, 6.45) is 0. The minimum atomic E-state index is -4.04. The van der Waals surface area contributed by atoms with Gasteiger partial charge in [0, 0.05) is 16.8 Å². The lowest BCUT2D eigenvalue weighted by Crippen LogP contribution is -2.10. The Balaban J connectivity index is 1.73. The number of benzene rings is 3. The molecule has 0 amide bonds. The average Bonchev–Trinajstić information content (AvgIpc) is 3.05. The van der Waals surface area contributed by atoms with Crippen LogP contribution in [0.2, 0.25) is 0 Å². The van der Waals surface area contributed by atoms with E-state index in [9.17, 15) is 8.42 Å². The fourth-order valence-electron chi connectivity index (χ4n) is 2.90. The van der Waals surface area contributed by atoms with Gasteiger partial charge in [0.2, 0.25) is 0 Å². The predicted octanol–water partition coefficient (Wildman–Crippen LogP) is 4.37. The Morgan fingerprint density at radius 1 is 0.778 bits per heavy atom. The standard InChI is InChI=1S/C20H16O6S/c1-23-19-10-8-14(12-20(19)24-2)27(21,22)26-13-7-9-18-16(11-13)15-5-3-4-6-17(15)25-18/h3-12H,1-2H3. The highest BCUT2D eigenvalue weighted by atomic mass is 32.2. The number of hydrogen-bond donors (Lipinski definition) is 0. The number of hydrogen-bond acceptors (Lipinski definition) is 6. The molecule has 4 rings (SSSR count). The first-order valence-corrected chi connectivity index (χ1v) is 9.50. The van der Waals surface area contributed by atoms with Crippen molar-refractivity contribution in [2.75, 3.05) is 14.2 Å². The third-order valence-corrected chi connectivity index (χ3v) is 5.44. The van der Waals surface area contributed by atoms with E-state index < -0.39 is 10.1 Å². The van der Waals surface area contributed by atoms with E-state index in [2.05, 4.69) is 0 Å². The molecule has 0 aliphatic heterocycles. The van der Waals surface area contributed by atoms with Gasteiger partial charge in [-0.2, -0.15) is 8.42 Å². The van der Waals surface area contributed by atoms with Crippen LogP contribution in [0.5, 0.6) is 17.2 Å². The molecule has 1 aromatic heterocycles. The fourth-order valence-corrected chi connectivity index (χ4v) is 3.84. The Bertz CT molecular complexity index is 1240. The molecular weight excluding hydrogens is 368 g/mol. The van der Waals surface area contributed by atoms with Gasteiger partial charge in [0.1, 0.15) is 21.8 Å². The molecule has 7 heteroatoms. The smallest absolute Gasteiger partial charge is 0.339 e. The molecule has 0 aliphatic carbocycles. The normalized spacial score (nSPS) is 11.6. The highest BCUT2D eigenvalue weighted by molar-refractivity contribution is 7.87. The first-order valence-electron chi connectivity index (χ1n) is 8.09. The molecule has 0 atom stereocenters. The fraction of sp³-hybridized carbons (Fsp3) is 0.100. The van der Waals surface area contributed by atoms with Crippen LogP contribution in [-0.4, -0.2) is 22.6 Å². The van der Waals surface area contributed by atoms with E-state index >= 15 is 0 Å². The molecule has 0 saturated heterocycles. The van der Waals surface area contributed by atoms with Crippen LogP contribution >= 0.6 is 0 Å². The van der Waals surface area contributed by atoms with Crippen LogP contribution in [0.15, 0.2) is 70.0 Å². The van der Waals surface area contributed by atoms with Crippen LogP contribution in [0.1, 0.15) is 0 Å². The zero-order valence-electron chi connectivity index (χ0n) is 14.6. The van der Waals surface area contributed by atoms with E-state index in [4.69, 9.17) is 18.1 Å². The van der Waals surface area contributed by atoms with E-state index in [0.29, 0.717) is 17.1 Å². The summed E-state index contributed by atoms with van der Waals surface area (Å²) in [5, 5.41) is 1.67. The van der Waals surface area contributed by atoms with Crippen molar-refractivity contribution in [1.82, 2.24) is 0 Å². The number of ether oxygens (including phenoxy) is 2. The van der Waals surface area contributed by atoms with Crippen LogP contribution in [-0.2, 0) is 10.1 Å². The average molecular weight is 384 g/mol. The van der Waals surface area contributed by atoms with Crippen molar-refractivity contribution in [3.05, 3.63) is 60.7 Å². The second kappa shape index (κ2) is 6.51. The van der Waals surface area contributed by atoms with Crippen LogP contribution in [0, 0.1) is 0 Å². The lowest BCUT2D eigenvalue weighted by molar-refractivity contribution is 0.353. The number of furan rings is 1. The molecule has 138 valence electrons. The summed E-state index contributed by atoms with van der Waals surface area (Å²) in [7, 11) is -1.13. The van der Waals surface area contributed by atoms with Crippen LogP contribution < -0.4 is 13.7 Å². The maximum atomic E-state index is 12.7. The monoisotopic (exact) mass is 384 g/mol. The molecule has 4 aromatic rings. The van der Waals surface area contributed by atoms with Gasteiger partial charge >= 0.3 is 10.1 Å². The third kappa shape index (κ3) is 3.06. The largest absolute Gasteiger partial charge is 0.493 e. The Hall–Kier alpha value is -3.19. The van der Waals surface area contributed by atoms with E-state index in [1.165, 1.54) is 32.4 Å². The maximum Gasteiger partial charge on any atom is 0.339 e. The van der Waals surface area contributed by atoms with Gasteiger partial charge in [0.05, 0.1) is 14.2 Å². The van der Waals surface area contributed by atoms with Gasteiger partial charge in [-0.05, 0) is 36.4 Å². The molecule has 27 heavy (non-hydrogen) atoms. The minimum Gasteiger partial charge on any atom is -0.493 e. The molecule has 0 fully saturated rings. The molecule has 0 radical (unpaired) electrons. The Morgan fingerprint density at radius 3 is 2.30 bits per heavy atom. The van der Waals surface area contributed by atoms with Crippen molar-refractivity contribution in [3.8, 4) is 17.2 Å². The van der Waals surface area contributed by atoms with E-state index in [0.717, 1.165) is 16.4 Å². The van der Waals surface area contributed by atoms with Gasteiger partial charge in [-0.15, -0.1) is 0 Å². The van der Waals surface area contributed by atoms with Gasteiger partial charge in [-0.1, -0.05) is 18.2 Å². The molecule has 0 spiro atoms. The highest BCUT2D eigenvalue weighted by Crippen LogP contribution is 2.33. The SMILES string of the molecule is COc1ccc(S(=O)(=O)Oc2ccc3oc4ccccc4c3c2)cc1OC. The van der Waals surface area contributed by atoms with Gasteiger partial charge < -0.3 is 18.1 Å². The number of para-hydroxylation sites is 1. The quantitative estimate of drug-likeness (QED) is 0.476. The zero-order valence-corrected chi connectivity index (χ0v) is 15.4. The molecule has 0 unspecified atom stereocenters. The first kappa shape index (κ1) is 17.2. The van der Waals surface area contributed by atoms with Crippen molar-refractivity contribution < 1.29 is 26.5 Å². The molecule has 0 bridgehead atoms. The van der Waals surface area contributed by atoms with E-state index in [-0.39, 0.29) is 10.6 Å². The summed E-state index contributed by atoms with van der Waals surface area (Å²) in [6.45, 7) is 0. The predicted molar refractivity (Wildman–Crippen MR) is 101 cm³/mol. The zero-order chi connectivity index (χ0) is 19.0. The molecular formula is C20H16O6S. The summed E-state index contributed by atoms with van der Waals surface area (Å²) in [5.41, 5.74) is 1.39. The van der Waals surface area contributed by atoms with Gasteiger partial charge in [-0.25, -0.2) is 0 Å². The summed E-state index contributed by atoms with van der Waals surface area (Å²) in [4.78, 5) is -0.0303. The van der Waals surface area contributed by atoms with Crippen LogP contribution in [0.3, 0.4) is 0 Å². The van der Waals surface area contributed by atoms with Crippen molar-refractivity contribution in [2.45, 2.75) is 4.90 Å². The van der Waals surface area contributed by atoms with Crippen molar-refractivity contribution in [3.63, 3.8) is 0 Å². The lowest BCUT2D eigenvalue weighted by Gasteiger charge is -2.11. The van der Waals surface area contributed by atoms with Gasteiger partial charge in [0.25, 0.3) is 0 Å². The molecule has 3 aromatic carbocycles. The summed E-state index contributed by atoms with van der Waals surface area (Å²) in [6, 6.07) is 16.7. The van der Waals surface area contributed by atoms with E-state index in [1.807, 2.05) is 24.3 Å². The minimum absolute atomic E-state index is 0.0303. The summed E-state index contributed by atoms with van der Waals surface area (Å²) >= 11 is 0. The Morgan fingerprint density at radius 2 is 1.52 bits per heavy atom. The molecule has 1 heterocycles. The van der Waals surface area contributed by atoms with E-state index in [1.54, 1.807) is 18.2 Å². The maximum absolute atomic E-state index is 12.7. The Labute approximate surface area is 156 Å².